The zero-order valence-corrected chi connectivity index (χ0v) is 16.6. The molecule has 2 N–H and O–H groups in total. The standard InChI is InChI=1S/C18H22BrN3O5/c1-27-10-6-16(24)21-8-7-20-15(23)3-2-9-22-17(25)13-5-4-12(19)11-14(13)18(22)26/h4-5,11H,2-3,6-10H2,1H3,(H,20,23)(H,21,24). The molecule has 1 aromatic carbocycles. The van der Waals surface area contributed by atoms with Crippen LogP contribution in [0.5, 0.6) is 0 Å². The summed E-state index contributed by atoms with van der Waals surface area (Å²) in [5.74, 6) is -0.999. The topological polar surface area (TPSA) is 105 Å². The molecule has 4 amide bonds. The van der Waals surface area contributed by atoms with Crippen molar-refractivity contribution in [1.29, 1.82) is 0 Å². The van der Waals surface area contributed by atoms with Gasteiger partial charge in [0.05, 0.1) is 17.7 Å². The second-order valence-corrected chi connectivity index (χ2v) is 6.91. The SMILES string of the molecule is COCCC(=O)NCCNC(=O)CCCN1C(=O)c2ccc(Br)cc2C1=O. The lowest BCUT2D eigenvalue weighted by molar-refractivity contribution is -0.123. The van der Waals surface area contributed by atoms with E-state index in [9.17, 15) is 19.2 Å². The number of amides is 4. The van der Waals surface area contributed by atoms with Crippen LogP contribution < -0.4 is 10.6 Å². The molecule has 0 aromatic heterocycles. The number of nitrogens with zero attached hydrogens (tertiary/aromatic N) is 1. The van der Waals surface area contributed by atoms with Gasteiger partial charge in [0.15, 0.2) is 0 Å². The van der Waals surface area contributed by atoms with E-state index < -0.39 is 0 Å². The molecule has 146 valence electrons. The maximum Gasteiger partial charge on any atom is 0.261 e. The summed E-state index contributed by atoms with van der Waals surface area (Å²) in [6.45, 7) is 1.19. The lowest BCUT2D eigenvalue weighted by atomic mass is 10.1. The van der Waals surface area contributed by atoms with Crippen LogP contribution in [0.3, 0.4) is 0 Å². The van der Waals surface area contributed by atoms with Crippen LogP contribution in [0.15, 0.2) is 22.7 Å². The van der Waals surface area contributed by atoms with E-state index in [0.717, 1.165) is 4.47 Å². The van der Waals surface area contributed by atoms with Crippen LogP contribution in [0.25, 0.3) is 0 Å². The van der Waals surface area contributed by atoms with Crippen LogP contribution in [0, 0.1) is 0 Å². The zero-order valence-electron chi connectivity index (χ0n) is 15.0. The molecule has 1 heterocycles. The van der Waals surface area contributed by atoms with Crippen molar-refractivity contribution in [2.75, 3.05) is 33.4 Å². The summed E-state index contributed by atoms with van der Waals surface area (Å²) < 4.78 is 5.53. The maximum absolute atomic E-state index is 12.3. The number of fused-ring (bicyclic) bond motifs is 1. The minimum atomic E-state index is -0.338. The molecule has 0 saturated heterocycles. The predicted octanol–water partition coefficient (Wildman–Crippen LogP) is 1.09. The third kappa shape index (κ3) is 5.86. The van der Waals surface area contributed by atoms with E-state index in [-0.39, 0.29) is 43.0 Å². The summed E-state index contributed by atoms with van der Waals surface area (Å²) >= 11 is 3.29. The van der Waals surface area contributed by atoms with Crippen LogP contribution >= 0.6 is 15.9 Å². The molecule has 1 aromatic rings. The molecule has 2 rings (SSSR count). The van der Waals surface area contributed by atoms with Crippen LogP contribution in [-0.2, 0) is 14.3 Å². The molecule has 0 spiro atoms. The van der Waals surface area contributed by atoms with Crippen molar-refractivity contribution in [3.05, 3.63) is 33.8 Å². The molecule has 0 radical (unpaired) electrons. The van der Waals surface area contributed by atoms with Crippen LogP contribution in [0.2, 0.25) is 0 Å². The molecule has 0 atom stereocenters. The Balaban J connectivity index is 1.66. The van der Waals surface area contributed by atoms with Gasteiger partial charge in [-0.25, -0.2) is 0 Å². The molecule has 8 nitrogen and oxygen atoms in total. The van der Waals surface area contributed by atoms with Crippen molar-refractivity contribution < 1.29 is 23.9 Å². The molecule has 9 heteroatoms. The molecule has 0 aliphatic carbocycles. The number of hydrogen-bond donors (Lipinski definition) is 2. The number of carbonyl (C=O) groups is 4. The Bertz CT molecular complexity index is 738. The van der Waals surface area contributed by atoms with Gasteiger partial charge >= 0.3 is 0 Å². The van der Waals surface area contributed by atoms with Gasteiger partial charge in [0.1, 0.15) is 0 Å². The van der Waals surface area contributed by atoms with Gasteiger partial charge < -0.3 is 15.4 Å². The first kappa shape index (κ1) is 21.0. The van der Waals surface area contributed by atoms with Crippen molar-refractivity contribution in [3.63, 3.8) is 0 Å². The predicted molar refractivity (Wildman–Crippen MR) is 101 cm³/mol. The largest absolute Gasteiger partial charge is 0.384 e. The highest BCUT2D eigenvalue weighted by atomic mass is 79.9. The lowest BCUT2D eigenvalue weighted by Gasteiger charge is -2.13. The highest BCUT2D eigenvalue weighted by Gasteiger charge is 2.35. The highest BCUT2D eigenvalue weighted by molar-refractivity contribution is 9.10. The second-order valence-electron chi connectivity index (χ2n) is 6.00. The summed E-state index contributed by atoms with van der Waals surface area (Å²) in [5, 5.41) is 5.35. The Morgan fingerprint density at radius 2 is 1.67 bits per heavy atom. The first-order valence-electron chi connectivity index (χ1n) is 8.62. The summed E-state index contributed by atoms with van der Waals surface area (Å²) in [6, 6.07) is 4.96. The number of imide groups is 1. The fourth-order valence-corrected chi connectivity index (χ4v) is 3.00. The summed E-state index contributed by atoms with van der Waals surface area (Å²) in [7, 11) is 1.52. The normalized spacial score (nSPS) is 12.9. The fourth-order valence-electron chi connectivity index (χ4n) is 2.64. The first-order valence-corrected chi connectivity index (χ1v) is 9.41. The van der Waals surface area contributed by atoms with Crippen molar-refractivity contribution in [2.24, 2.45) is 0 Å². The molecule has 1 aliphatic rings. The number of benzene rings is 1. The average molecular weight is 440 g/mol. The van der Waals surface area contributed by atoms with Gasteiger partial charge in [-0.05, 0) is 24.6 Å². The molecular formula is C18H22BrN3O5. The molecular weight excluding hydrogens is 418 g/mol. The van der Waals surface area contributed by atoms with Crippen molar-refractivity contribution >= 4 is 39.6 Å². The van der Waals surface area contributed by atoms with Crippen LogP contribution in [0.4, 0.5) is 0 Å². The number of ether oxygens (including phenoxy) is 1. The first-order chi connectivity index (χ1) is 12.9. The quantitative estimate of drug-likeness (QED) is 0.419. The third-order valence-electron chi connectivity index (χ3n) is 4.02. The van der Waals surface area contributed by atoms with Gasteiger partial charge in [-0.1, -0.05) is 15.9 Å². The Morgan fingerprint density at radius 1 is 1.04 bits per heavy atom. The van der Waals surface area contributed by atoms with Gasteiger partial charge in [0.25, 0.3) is 11.8 Å². The fraction of sp³-hybridized carbons (Fsp3) is 0.444. The third-order valence-corrected chi connectivity index (χ3v) is 4.51. The molecule has 0 unspecified atom stereocenters. The summed E-state index contributed by atoms with van der Waals surface area (Å²) in [4.78, 5) is 49.0. The maximum atomic E-state index is 12.3. The lowest BCUT2D eigenvalue weighted by Crippen LogP contribution is -2.35. The van der Waals surface area contributed by atoms with Gasteiger partial charge in [0, 0.05) is 44.1 Å². The van der Waals surface area contributed by atoms with Crippen molar-refractivity contribution in [3.8, 4) is 0 Å². The number of rotatable bonds is 10. The van der Waals surface area contributed by atoms with E-state index in [0.29, 0.717) is 37.2 Å². The van der Waals surface area contributed by atoms with Crippen molar-refractivity contribution in [2.45, 2.75) is 19.3 Å². The summed E-state index contributed by atoms with van der Waals surface area (Å²) in [6.07, 6.45) is 0.842. The molecule has 0 bridgehead atoms. The number of carbonyl (C=O) groups excluding carboxylic acids is 4. The van der Waals surface area contributed by atoms with E-state index in [4.69, 9.17) is 4.74 Å². The van der Waals surface area contributed by atoms with Gasteiger partial charge in [0.2, 0.25) is 11.8 Å². The smallest absolute Gasteiger partial charge is 0.261 e. The van der Waals surface area contributed by atoms with Crippen molar-refractivity contribution in [1.82, 2.24) is 15.5 Å². The number of halogens is 1. The van der Waals surface area contributed by atoms with E-state index in [1.165, 1.54) is 12.0 Å². The Labute approximate surface area is 165 Å². The molecule has 0 fully saturated rings. The number of hydrogen-bond acceptors (Lipinski definition) is 5. The molecule has 0 saturated carbocycles. The Morgan fingerprint density at radius 3 is 2.33 bits per heavy atom. The highest BCUT2D eigenvalue weighted by Crippen LogP contribution is 2.26. The minimum Gasteiger partial charge on any atom is -0.384 e. The molecule has 27 heavy (non-hydrogen) atoms. The van der Waals surface area contributed by atoms with Crippen LogP contribution in [0.1, 0.15) is 40.0 Å². The van der Waals surface area contributed by atoms with E-state index >= 15 is 0 Å². The van der Waals surface area contributed by atoms with E-state index in [2.05, 4.69) is 26.6 Å². The molecule has 1 aliphatic heterocycles. The monoisotopic (exact) mass is 439 g/mol. The van der Waals surface area contributed by atoms with Gasteiger partial charge in [-0.15, -0.1) is 0 Å². The minimum absolute atomic E-state index is 0.136. The van der Waals surface area contributed by atoms with Crippen LogP contribution in [-0.4, -0.2) is 61.9 Å². The van der Waals surface area contributed by atoms with Gasteiger partial charge in [-0.2, -0.15) is 0 Å². The average Bonchev–Trinajstić information content (AvgIpc) is 2.87. The Hall–Kier alpha value is -2.26. The van der Waals surface area contributed by atoms with E-state index in [1.807, 2.05) is 0 Å². The second kappa shape index (κ2) is 10.2. The number of nitrogens with one attached hydrogen (secondary N) is 2. The van der Waals surface area contributed by atoms with Gasteiger partial charge in [-0.3, -0.25) is 24.1 Å². The summed E-state index contributed by atoms with van der Waals surface area (Å²) in [5.41, 5.74) is 0.764. The number of methoxy groups -OCH3 is 1. The van der Waals surface area contributed by atoms with E-state index in [1.54, 1.807) is 18.2 Å². The zero-order chi connectivity index (χ0) is 19.8. The Kier molecular flexibility index (Phi) is 7.93.